The molecule has 0 N–H and O–H groups in total. The van der Waals surface area contributed by atoms with Crippen LogP contribution in [0, 0.1) is 0 Å². The summed E-state index contributed by atoms with van der Waals surface area (Å²) in [5, 5.41) is 0. The molecule has 0 bridgehead atoms. The predicted molar refractivity (Wildman–Crippen MR) is 47.3 cm³/mol. The summed E-state index contributed by atoms with van der Waals surface area (Å²) in [7, 11) is 1.46. The number of ketones is 1. The first-order valence-corrected chi connectivity index (χ1v) is 4.37. The van der Waals surface area contributed by atoms with Gasteiger partial charge in [-0.3, -0.25) is 9.59 Å². The molecule has 2 rings (SSSR count). The molecule has 14 heavy (non-hydrogen) atoms. The van der Waals surface area contributed by atoms with Gasteiger partial charge in [0, 0.05) is 12.5 Å². The molecule has 74 valence electrons. The average Bonchev–Trinajstić information content (AvgIpc) is 2.53. The number of allylic oxidation sites excluding steroid dienone is 2. The van der Waals surface area contributed by atoms with Gasteiger partial charge in [0.2, 0.25) is 0 Å². The van der Waals surface area contributed by atoms with Gasteiger partial charge in [-0.05, 0) is 12.2 Å². The first-order chi connectivity index (χ1) is 6.66. The van der Waals surface area contributed by atoms with Crippen LogP contribution in [0.15, 0.2) is 24.0 Å². The average molecular weight is 194 g/mol. The van der Waals surface area contributed by atoms with Crippen molar-refractivity contribution in [3.63, 3.8) is 0 Å². The molecule has 1 saturated heterocycles. The van der Waals surface area contributed by atoms with Crippen LogP contribution in [0.25, 0.3) is 0 Å². The van der Waals surface area contributed by atoms with Gasteiger partial charge in [0.1, 0.15) is 5.76 Å². The molecule has 1 heterocycles. The zero-order chi connectivity index (χ0) is 10.2. The highest BCUT2D eigenvalue weighted by Crippen LogP contribution is 2.37. The molecule has 1 aliphatic heterocycles. The fourth-order valence-corrected chi connectivity index (χ4v) is 1.71. The second-order valence-corrected chi connectivity index (χ2v) is 3.31. The Bertz CT molecular complexity index is 353. The number of methoxy groups -OCH3 is 1. The molecule has 1 spiro atoms. The van der Waals surface area contributed by atoms with Gasteiger partial charge in [0.05, 0.1) is 13.5 Å². The SMILES string of the molecule is COC1=CC(=O)C=C[C@@]12CCC(=O)O2. The molecule has 1 aliphatic carbocycles. The third-order valence-electron chi connectivity index (χ3n) is 2.42. The Kier molecular flexibility index (Phi) is 1.91. The summed E-state index contributed by atoms with van der Waals surface area (Å²) in [5.74, 6) is 0.0122. The molecular formula is C10H10O4. The van der Waals surface area contributed by atoms with Gasteiger partial charge >= 0.3 is 5.97 Å². The molecule has 0 saturated carbocycles. The third kappa shape index (κ3) is 1.23. The van der Waals surface area contributed by atoms with Gasteiger partial charge < -0.3 is 9.47 Å². The van der Waals surface area contributed by atoms with E-state index in [9.17, 15) is 9.59 Å². The van der Waals surface area contributed by atoms with Gasteiger partial charge in [0.25, 0.3) is 0 Å². The van der Waals surface area contributed by atoms with E-state index in [-0.39, 0.29) is 11.8 Å². The summed E-state index contributed by atoms with van der Waals surface area (Å²) in [6, 6.07) is 0. The largest absolute Gasteiger partial charge is 0.496 e. The van der Waals surface area contributed by atoms with Crippen LogP contribution in [0.2, 0.25) is 0 Å². The van der Waals surface area contributed by atoms with Gasteiger partial charge in [-0.2, -0.15) is 0 Å². The molecular weight excluding hydrogens is 184 g/mol. The summed E-state index contributed by atoms with van der Waals surface area (Å²) < 4.78 is 10.2. The quantitative estimate of drug-likeness (QED) is 0.577. The lowest BCUT2D eigenvalue weighted by Crippen LogP contribution is -2.32. The molecule has 2 aliphatic rings. The van der Waals surface area contributed by atoms with E-state index in [1.165, 1.54) is 19.3 Å². The van der Waals surface area contributed by atoms with E-state index in [4.69, 9.17) is 9.47 Å². The van der Waals surface area contributed by atoms with Crippen molar-refractivity contribution in [1.82, 2.24) is 0 Å². The van der Waals surface area contributed by atoms with E-state index >= 15 is 0 Å². The molecule has 0 radical (unpaired) electrons. The second kappa shape index (κ2) is 2.97. The Morgan fingerprint density at radius 3 is 2.86 bits per heavy atom. The van der Waals surface area contributed by atoms with Crippen molar-refractivity contribution < 1.29 is 19.1 Å². The number of rotatable bonds is 1. The van der Waals surface area contributed by atoms with Crippen LogP contribution < -0.4 is 0 Å². The number of carbonyl (C=O) groups excluding carboxylic acids is 2. The maximum atomic E-state index is 11.1. The number of hydrogen-bond donors (Lipinski definition) is 0. The Hall–Kier alpha value is -1.58. The molecule has 4 nitrogen and oxygen atoms in total. The highest BCUT2D eigenvalue weighted by atomic mass is 16.6. The lowest BCUT2D eigenvalue weighted by Gasteiger charge is -2.27. The molecule has 0 aromatic carbocycles. The highest BCUT2D eigenvalue weighted by molar-refractivity contribution is 6.01. The van der Waals surface area contributed by atoms with E-state index in [1.807, 2.05) is 0 Å². The van der Waals surface area contributed by atoms with Crippen LogP contribution in [0.5, 0.6) is 0 Å². The van der Waals surface area contributed by atoms with E-state index in [0.717, 1.165) is 0 Å². The maximum absolute atomic E-state index is 11.1. The lowest BCUT2D eigenvalue weighted by molar-refractivity contribution is -0.145. The van der Waals surface area contributed by atoms with Crippen LogP contribution in [-0.4, -0.2) is 24.5 Å². The maximum Gasteiger partial charge on any atom is 0.307 e. The normalized spacial score (nSPS) is 30.5. The minimum absolute atomic E-state index is 0.143. The number of esters is 1. The van der Waals surface area contributed by atoms with Crippen molar-refractivity contribution in [3.05, 3.63) is 24.0 Å². The lowest BCUT2D eigenvalue weighted by atomic mass is 9.92. The summed E-state index contributed by atoms with van der Waals surface area (Å²) in [4.78, 5) is 22.1. The van der Waals surface area contributed by atoms with Crippen molar-refractivity contribution in [2.24, 2.45) is 0 Å². The van der Waals surface area contributed by atoms with Crippen LogP contribution in [0.4, 0.5) is 0 Å². The Balaban J connectivity index is 2.35. The monoisotopic (exact) mass is 194 g/mol. The zero-order valence-electron chi connectivity index (χ0n) is 7.78. The van der Waals surface area contributed by atoms with Crippen LogP contribution in [0.1, 0.15) is 12.8 Å². The van der Waals surface area contributed by atoms with Gasteiger partial charge in [0.15, 0.2) is 11.4 Å². The molecule has 4 heteroatoms. The van der Waals surface area contributed by atoms with E-state index in [2.05, 4.69) is 0 Å². The summed E-state index contributed by atoms with van der Waals surface area (Å²) >= 11 is 0. The molecule has 0 unspecified atom stereocenters. The Morgan fingerprint density at radius 1 is 1.50 bits per heavy atom. The fourth-order valence-electron chi connectivity index (χ4n) is 1.71. The number of carbonyl (C=O) groups is 2. The number of ether oxygens (including phenoxy) is 2. The summed E-state index contributed by atoms with van der Waals surface area (Å²) in [5.41, 5.74) is -0.820. The summed E-state index contributed by atoms with van der Waals surface area (Å²) in [6.45, 7) is 0. The van der Waals surface area contributed by atoms with Crippen LogP contribution in [-0.2, 0) is 19.1 Å². The standard InChI is InChI=1S/C10H10O4/c1-13-8-6-7(11)2-4-10(8)5-3-9(12)14-10/h2,4,6H,3,5H2,1H3/t10-/m1/s1. The van der Waals surface area contributed by atoms with Gasteiger partial charge in [-0.25, -0.2) is 0 Å². The van der Waals surface area contributed by atoms with Crippen LogP contribution >= 0.6 is 0 Å². The van der Waals surface area contributed by atoms with Crippen molar-refractivity contribution in [3.8, 4) is 0 Å². The van der Waals surface area contributed by atoms with Crippen molar-refractivity contribution in [2.75, 3.05) is 7.11 Å². The molecule has 0 amide bonds. The van der Waals surface area contributed by atoms with Crippen molar-refractivity contribution >= 4 is 11.8 Å². The predicted octanol–water partition coefficient (Wildman–Crippen LogP) is 0.731. The third-order valence-corrected chi connectivity index (χ3v) is 2.42. The molecule has 1 atom stereocenters. The molecule has 0 aromatic heterocycles. The minimum Gasteiger partial charge on any atom is -0.496 e. The minimum atomic E-state index is -0.820. The van der Waals surface area contributed by atoms with E-state index in [0.29, 0.717) is 18.6 Å². The zero-order valence-corrected chi connectivity index (χ0v) is 7.78. The van der Waals surface area contributed by atoms with Gasteiger partial charge in [-0.1, -0.05) is 0 Å². The van der Waals surface area contributed by atoms with Crippen molar-refractivity contribution in [1.29, 1.82) is 0 Å². The topological polar surface area (TPSA) is 52.6 Å². The van der Waals surface area contributed by atoms with Crippen LogP contribution in [0.3, 0.4) is 0 Å². The van der Waals surface area contributed by atoms with E-state index in [1.54, 1.807) is 6.08 Å². The number of hydrogen-bond acceptors (Lipinski definition) is 4. The first kappa shape index (κ1) is 8.99. The fraction of sp³-hybridized carbons (Fsp3) is 0.400. The first-order valence-electron chi connectivity index (χ1n) is 4.37. The molecule has 1 fully saturated rings. The van der Waals surface area contributed by atoms with Crippen molar-refractivity contribution in [2.45, 2.75) is 18.4 Å². The Morgan fingerprint density at radius 2 is 2.29 bits per heavy atom. The van der Waals surface area contributed by atoms with Gasteiger partial charge in [-0.15, -0.1) is 0 Å². The molecule has 0 aromatic rings. The Labute approximate surface area is 81.2 Å². The second-order valence-electron chi connectivity index (χ2n) is 3.31. The smallest absolute Gasteiger partial charge is 0.307 e. The summed E-state index contributed by atoms with van der Waals surface area (Å²) in [6.07, 6.45) is 5.26. The highest BCUT2D eigenvalue weighted by Gasteiger charge is 2.44. The van der Waals surface area contributed by atoms with E-state index < -0.39 is 5.60 Å².